The first-order valence-electron chi connectivity index (χ1n) is 11.8. The van der Waals surface area contributed by atoms with Crippen LogP contribution < -0.4 is 20.3 Å². The number of pyridine rings is 1. The van der Waals surface area contributed by atoms with Gasteiger partial charge in [0.15, 0.2) is 11.5 Å². The summed E-state index contributed by atoms with van der Waals surface area (Å²) >= 11 is 0. The van der Waals surface area contributed by atoms with Crippen molar-refractivity contribution in [2.45, 2.75) is 19.5 Å². The van der Waals surface area contributed by atoms with E-state index >= 15 is 0 Å². The molecule has 5 rings (SSSR count). The van der Waals surface area contributed by atoms with Gasteiger partial charge in [0.05, 0.1) is 0 Å². The van der Waals surface area contributed by atoms with Gasteiger partial charge in [-0.2, -0.15) is 0 Å². The highest BCUT2D eigenvalue weighted by atomic mass is 16.7. The second-order valence-corrected chi connectivity index (χ2v) is 8.78. The van der Waals surface area contributed by atoms with E-state index in [1.165, 1.54) is 4.57 Å². The van der Waals surface area contributed by atoms with Crippen LogP contribution in [0.1, 0.15) is 12.0 Å². The molecule has 9 heteroatoms. The van der Waals surface area contributed by atoms with E-state index in [1.54, 1.807) is 18.3 Å². The number of piperazine rings is 1. The fourth-order valence-electron chi connectivity index (χ4n) is 4.48. The lowest BCUT2D eigenvalue weighted by atomic mass is 10.1. The van der Waals surface area contributed by atoms with Gasteiger partial charge in [0.2, 0.25) is 18.6 Å². The first-order valence-corrected chi connectivity index (χ1v) is 11.8. The molecule has 9 nitrogen and oxygen atoms in total. The van der Waals surface area contributed by atoms with Gasteiger partial charge in [-0.05, 0) is 35.2 Å². The van der Waals surface area contributed by atoms with E-state index in [2.05, 4.69) is 10.2 Å². The monoisotopic (exact) mass is 476 g/mol. The number of benzene rings is 2. The van der Waals surface area contributed by atoms with Crippen molar-refractivity contribution in [1.82, 2.24) is 19.7 Å². The Hall–Kier alpha value is -3.85. The van der Waals surface area contributed by atoms with Gasteiger partial charge in [-0.1, -0.05) is 24.3 Å². The maximum absolute atomic E-state index is 12.6. The van der Waals surface area contributed by atoms with Crippen LogP contribution in [0.25, 0.3) is 10.8 Å². The number of amides is 2. The predicted molar refractivity (Wildman–Crippen MR) is 130 cm³/mol. The lowest BCUT2D eigenvalue weighted by molar-refractivity contribution is -0.133. The largest absolute Gasteiger partial charge is 0.454 e. The second-order valence-electron chi connectivity index (χ2n) is 8.78. The van der Waals surface area contributed by atoms with Gasteiger partial charge in [0.25, 0.3) is 5.56 Å². The maximum Gasteiger partial charge on any atom is 0.258 e. The van der Waals surface area contributed by atoms with Gasteiger partial charge in [0.1, 0.15) is 6.54 Å². The van der Waals surface area contributed by atoms with Crippen LogP contribution in [-0.4, -0.2) is 65.7 Å². The molecule has 2 aliphatic heterocycles. The molecule has 0 spiro atoms. The van der Waals surface area contributed by atoms with Gasteiger partial charge < -0.3 is 24.3 Å². The Morgan fingerprint density at radius 1 is 0.943 bits per heavy atom. The minimum absolute atomic E-state index is 0.0240. The van der Waals surface area contributed by atoms with Gasteiger partial charge >= 0.3 is 0 Å². The van der Waals surface area contributed by atoms with E-state index in [4.69, 9.17) is 9.47 Å². The molecule has 0 radical (unpaired) electrons. The summed E-state index contributed by atoms with van der Waals surface area (Å²) in [5.41, 5.74) is 0.954. The van der Waals surface area contributed by atoms with E-state index in [1.807, 2.05) is 41.3 Å². The van der Waals surface area contributed by atoms with Crippen LogP contribution in [0, 0.1) is 0 Å². The molecule has 0 saturated carbocycles. The third kappa shape index (κ3) is 5.30. The molecular weight excluding hydrogens is 448 g/mol. The summed E-state index contributed by atoms with van der Waals surface area (Å²) < 4.78 is 12.2. The van der Waals surface area contributed by atoms with Crippen molar-refractivity contribution in [3.63, 3.8) is 0 Å². The van der Waals surface area contributed by atoms with E-state index in [-0.39, 0.29) is 43.7 Å². The van der Waals surface area contributed by atoms with E-state index < -0.39 is 0 Å². The molecule has 1 fully saturated rings. The molecule has 3 aromatic rings. The molecule has 1 N–H and O–H groups in total. The molecule has 1 saturated heterocycles. The summed E-state index contributed by atoms with van der Waals surface area (Å²) in [5.74, 6) is 1.30. The Morgan fingerprint density at radius 3 is 2.60 bits per heavy atom. The highest BCUT2D eigenvalue weighted by molar-refractivity contribution is 5.82. The third-order valence-electron chi connectivity index (χ3n) is 6.43. The fraction of sp³-hybridized carbons (Fsp3) is 0.346. The normalized spacial score (nSPS) is 15.4. The minimum atomic E-state index is -0.288. The SMILES string of the molecule is O=C(Cn1ccc2ccccc2c1=O)NCCC(=O)N1CCN(Cc2ccc3c(c2)OCO3)CC1. The summed E-state index contributed by atoms with van der Waals surface area (Å²) in [6.07, 6.45) is 1.86. The van der Waals surface area contributed by atoms with Crippen molar-refractivity contribution in [3.05, 3.63) is 70.6 Å². The average molecular weight is 477 g/mol. The van der Waals surface area contributed by atoms with Gasteiger partial charge in [-0.3, -0.25) is 19.3 Å². The summed E-state index contributed by atoms with van der Waals surface area (Å²) in [6, 6.07) is 15.1. The first-order chi connectivity index (χ1) is 17.1. The van der Waals surface area contributed by atoms with E-state index in [0.29, 0.717) is 18.5 Å². The molecule has 35 heavy (non-hydrogen) atoms. The van der Waals surface area contributed by atoms with Crippen molar-refractivity contribution in [2.24, 2.45) is 0 Å². The molecule has 2 aliphatic rings. The highest BCUT2D eigenvalue weighted by Crippen LogP contribution is 2.32. The van der Waals surface area contributed by atoms with Crippen molar-refractivity contribution < 1.29 is 19.1 Å². The lowest BCUT2D eigenvalue weighted by Crippen LogP contribution is -2.48. The number of hydrogen-bond donors (Lipinski definition) is 1. The third-order valence-corrected chi connectivity index (χ3v) is 6.43. The molecule has 0 aliphatic carbocycles. The lowest BCUT2D eigenvalue weighted by Gasteiger charge is -2.34. The molecule has 182 valence electrons. The quantitative estimate of drug-likeness (QED) is 0.557. The molecule has 0 atom stereocenters. The molecule has 0 unspecified atom stereocenters. The van der Waals surface area contributed by atoms with Crippen LogP contribution in [0.3, 0.4) is 0 Å². The molecular formula is C26H28N4O5. The van der Waals surface area contributed by atoms with Crippen LogP contribution in [0.4, 0.5) is 0 Å². The van der Waals surface area contributed by atoms with Crippen molar-refractivity contribution in [3.8, 4) is 11.5 Å². The zero-order valence-corrected chi connectivity index (χ0v) is 19.4. The van der Waals surface area contributed by atoms with Crippen LogP contribution >= 0.6 is 0 Å². The van der Waals surface area contributed by atoms with Gasteiger partial charge in [-0.25, -0.2) is 0 Å². The number of aromatic nitrogens is 1. The number of rotatable bonds is 7. The van der Waals surface area contributed by atoms with Gasteiger partial charge in [0, 0.05) is 57.3 Å². The van der Waals surface area contributed by atoms with E-state index in [0.717, 1.165) is 42.1 Å². The fourth-order valence-corrected chi connectivity index (χ4v) is 4.48. The Kier molecular flexibility index (Phi) is 6.67. The molecule has 0 bridgehead atoms. The van der Waals surface area contributed by atoms with Crippen molar-refractivity contribution in [2.75, 3.05) is 39.5 Å². The van der Waals surface area contributed by atoms with E-state index in [9.17, 15) is 14.4 Å². The van der Waals surface area contributed by atoms with Crippen molar-refractivity contribution >= 4 is 22.6 Å². The molecule has 2 amide bonds. The zero-order valence-electron chi connectivity index (χ0n) is 19.4. The number of fused-ring (bicyclic) bond motifs is 2. The average Bonchev–Trinajstić information content (AvgIpc) is 3.34. The molecule has 3 heterocycles. The summed E-state index contributed by atoms with van der Waals surface area (Å²) in [6.45, 7) is 4.13. The minimum Gasteiger partial charge on any atom is -0.454 e. The number of nitrogens with one attached hydrogen (secondary N) is 1. The second kappa shape index (κ2) is 10.2. The molecule has 2 aromatic carbocycles. The number of carbonyl (C=O) groups excluding carboxylic acids is 2. The zero-order chi connectivity index (χ0) is 24.2. The summed E-state index contributed by atoms with van der Waals surface area (Å²) in [5, 5.41) is 4.18. The molecule has 1 aromatic heterocycles. The summed E-state index contributed by atoms with van der Waals surface area (Å²) in [7, 11) is 0. The Labute approximate surface area is 202 Å². The Morgan fingerprint density at radius 2 is 1.74 bits per heavy atom. The topological polar surface area (TPSA) is 93.1 Å². The number of carbonyl (C=O) groups is 2. The number of hydrogen-bond acceptors (Lipinski definition) is 6. The smallest absolute Gasteiger partial charge is 0.258 e. The maximum atomic E-state index is 12.6. The van der Waals surface area contributed by atoms with Crippen molar-refractivity contribution in [1.29, 1.82) is 0 Å². The standard InChI is InChI=1S/C26H28N4O5/c31-24(17-30-10-8-20-3-1-2-4-21(20)26(30)33)27-9-7-25(32)29-13-11-28(12-14-29)16-19-5-6-22-23(15-19)35-18-34-22/h1-6,8,10,15H,7,9,11-14,16-18H2,(H,27,31). The van der Waals surface area contributed by atoms with Crippen LogP contribution in [0.5, 0.6) is 11.5 Å². The Bertz CT molecular complexity index is 1300. The summed E-state index contributed by atoms with van der Waals surface area (Å²) in [4.78, 5) is 41.6. The predicted octanol–water partition coefficient (Wildman–Crippen LogP) is 1.58. The van der Waals surface area contributed by atoms with Gasteiger partial charge in [-0.15, -0.1) is 0 Å². The number of ether oxygens (including phenoxy) is 2. The van der Waals surface area contributed by atoms with Crippen LogP contribution in [-0.2, 0) is 22.7 Å². The Balaban J connectivity index is 1.04. The first kappa shape index (κ1) is 22.9. The van der Waals surface area contributed by atoms with Crippen LogP contribution in [0.15, 0.2) is 59.5 Å². The number of nitrogens with zero attached hydrogens (tertiary/aromatic N) is 3. The highest BCUT2D eigenvalue weighted by Gasteiger charge is 2.22. The van der Waals surface area contributed by atoms with Crippen LogP contribution in [0.2, 0.25) is 0 Å².